The Balaban J connectivity index is 0.00000151. The number of carbonyl (C=O) groups is 3. The number of carboxylic acid groups (broad SMARTS) is 1. The third-order valence-corrected chi connectivity index (χ3v) is 4.61. The molecule has 10 heteroatoms. The average molecular weight is 455 g/mol. The molecule has 0 aromatic heterocycles. The number of nitrogens with two attached hydrogens (primary N) is 1. The van der Waals surface area contributed by atoms with Crippen LogP contribution in [0.3, 0.4) is 0 Å². The fourth-order valence-corrected chi connectivity index (χ4v) is 3.36. The third kappa shape index (κ3) is 6.81. The summed E-state index contributed by atoms with van der Waals surface area (Å²) in [5.41, 5.74) is 7.70. The second-order valence-corrected chi connectivity index (χ2v) is 6.58. The number of methoxy groups -OCH3 is 1. The zero-order chi connectivity index (χ0) is 23.4. The molecule has 0 saturated carbocycles. The number of halogens is 1. The van der Waals surface area contributed by atoms with Crippen LogP contribution in [0.25, 0.3) is 0 Å². The molecular weight excluding hydrogens is 428 g/mol. The number of nitrogens with one attached hydrogen (secondary N) is 1. The van der Waals surface area contributed by atoms with Crippen LogP contribution in [0.4, 0.5) is 0 Å². The highest BCUT2D eigenvalue weighted by Gasteiger charge is 2.39. The molecule has 0 amide bonds. The van der Waals surface area contributed by atoms with E-state index in [4.69, 9.17) is 41.4 Å². The quantitative estimate of drug-likeness (QED) is 0.305. The lowest BCUT2D eigenvalue weighted by atomic mass is 9.80. The predicted molar refractivity (Wildman–Crippen MR) is 114 cm³/mol. The lowest BCUT2D eigenvalue weighted by Crippen LogP contribution is -2.35. The first-order valence-electron chi connectivity index (χ1n) is 9.44. The molecule has 0 radical (unpaired) electrons. The average Bonchev–Trinajstić information content (AvgIpc) is 2.74. The van der Waals surface area contributed by atoms with Crippen molar-refractivity contribution in [2.24, 2.45) is 5.73 Å². The molecular formula is C21H27ClN2O7. The summed E-state index contributed by atoms with van der Waals surface area (Å²) in [5, 5.41) is 10.4. The highest BCUT2D eigenvalue weighted by Crippen LogP contribution is 2.41. The van der Waals surface area contributed by atoms with Crippen molar-refractivity contribution in [2.45, 2.75) is 19.8 Å². The van der Waals surface area contributed by atoms with Gasteiger partial charge >= 0.3 is 11.9 Å². The maximum atomic E-state index is 12.9. The van der Waals surface area contributed by atoms with Crippen molar-refractivity contribution in [1.29, 1.82) is 0 Å². The molecule has 1 aromatic carbocycles. The monoisotopic (exact) mass is 454 g/mol. The molecule has 0 saturated heterocycles. The Morgan fingerprint density at radius 1 is 1.26 bits per heavy atom. The molecule has 1 aliphatic rings. The minimum Gasteiger partial charge on any atom is -0.483 e. The molecule has 1 heterocycles. The number of benzene rings is 1. The largest absolute Gasteiger partial charge is 0.483 e. The number of allylic oxidation sites excluding steroid dienone is 1. The van der Waals surface area contributed by atoms with Gasteiger partial charge in [0.25, 0.3) is 6.47 Å². The third-order valence-electron chi connectivity index (χ3n) is 4.27. The number of rotatable bonds is 8. The second kappa shape index (κ2) is 13.4. The lowest BCUT2D eigenvalue weighted by molar-refractivity contribution is -0.139. The summed E-state index contributed by atoms with van der Waals surface area (Å²) in [6.07, 6.45) is 0. The molecule has 0 spiro atoms. The van der Waals surface area contributed by atoms with Crippen molar-refractivity contribution >= 4 is 30.0 Å². The molecule has 1 aromatic rings. The van der Waals surface area contributed by atoms with E-state index in [1.807, 2.05) is 0 Å². The minimum absolute atomic E-state index is 0.109. The molecule has 9 nitrogen and oxygen atoms in total. The zero-order valence-electron chi connectivity index (χ0n) is 17.6. The number of ether oxygens (including phenoxy) is 3. The molecule has 0 aliphatic carbocycles. The maximum Gasteiger partial charge on any atom is 0.336 e. The first-order valence-corrected chi connectivity index (χ1v) is 9.81. The van der Waals surface area contributed by atoms with Gasteiger partial charge in [0.15, 0.2) is 0 Å². The first-order chi connectivity index (χ1) is 14.9. The Hall–Kier alpha value is -2.88. The van der Waals surface area contributed by atoms with Crippen LogP contribution < -0.4 is 11.1 Å². The van der Waals surface area contributed by atoms with Gasteiger partial charge in [0.1, 0.15) is 0 Å². The van der Waals surface area contributed by atoms with Gasteiger partial charge in [-0.2, -0.15) is 0 Å². The summed E-state index contributed by atoms with van der Waals surface area (Å²) in [4.78, 5) is 33.8. The Morgan fingerprint density at radius 3 is 2.45 bits per heavy atom. The standard InChI is InChI=1S/C20H25ClN2O5.CH2O2/c1-4-28-20(25)18-15(11-27-10-9-22)23-12(2)16(19(24)26-3)17(18)13-7-5-6-8-14(13)21;2-1-3/h5-8,17,23H,4,9-11,22H2,1-3H3;1H,(H,2,3). The van der Waals surface area contributed by atoms with Gasteiger partial charge in [-0.25, -0.2) is 9.59 Å². The number of hydrogen-bond donors (Lipinski definition) is 3. The van der Waals surface area contributed by atoms with Crippen LogP contribution in [0.5, 0.6) is 0 Å². The van der Waals surface area contributed by atoms with Crippen molar-refractivity contribution in [3.8, 4) is 0 Å². The van der Waals surface area contributed by atoms with E-state index in [2.05, 4.69) is 5.32 Å². The van der Waals surface area contributed by atoms with Crippen molar-refractivity contribution in [3.05, 3.63) is 57.4 Å². The van der Waals surface area contributed by atoms with E-state index in [9.17, 15) is 9.59 Å². The molecule has 1 aliphatic heterocycles. The Kier molecular flexibility index (Phi) is 11.3. The van der Waals surface area contributed by atoms with Gasteiger partial charge < -0.3 is 30.4 Å². The van der Waals surface area contributed by atoms with Crippen molar-refractivity contribution in [1.82, 2.24) is 5.32 Å². The van der Waals surface area contributed by atoms with E-state index in [-0.39, 0.29) is 25.3 Å². The summed E-state index contributed by atoms with van der Waals surface area (Å²) in [7, 11) is 1.29. The first kappa shape index (κ1) is 26.2. The molecule has 31 heavy (non-hydrogen) atoms. The van der Waals surface area contributed by atoms with E-state index in [0.29, 0.717) is 40.7 Å². The van der Waals surface area contributed by atoms with Gasteiger partial charge in [0.2, 0.25) is 0 Å². The van der Waals surface area contributed by atoms with Crippen LogP contribution in [0, 0.1) is 0 Å². The molecule has 0 bridgehead atoms. The van der Waals surface area contributed by atoms with Crippen LogP contribution in [0.15, 0.2) is 46.8 Å². The number of esters is 2. The molecule has 0 fully saturated rings. The zero-order valence-corrected chi connectivity index (χ0v) is 18.4. The topological polar surface area (TPSA) is 137 Å². The van der Waals surface area contributed by atoms with Crippen LogP contribution in [0.1, 0.15) is 25.3 Å². The van der Waals surface area contributed by atoms with E-state index >= 15 is 0 Å². The van der Waals surface area contributed by atoms with Gasteiger partial charge in [-0.3, -0.25) is 4.79 Å². The highest BCUT2D eigenvalue weighted by atomic mass is 35.5. The summed E-state index contributed by atoms with van der Waals surface area (Å²) >= 11 is 6.42. The lowest BCUT2D eigenvalue weighted by Gasteiger charge is -2.31. The number of dihydropyridines is 1. The fourth-order valence-electron chi connectivity index (χ4n) is 3.12. The van der Waals surface area contributed by atoms with Crippen LogP contribution in [-0.4, -0.2) is 57.0 Å². The van der Waals surface area contributed by atoms with Gasteiger partial charge in [-0.1, -0.05) is 29.8 Å². The maximum absolute atomic E-state index is 12.9. The van der Waals surface area contributed by atoms with E-state index in [1.54, 1.807) is 38.1 Å². The van der Waals surface area contributed by atoms with Crippen LogP contribution in [0.2, 0.25) is 5.02 Å². The summed E-state index contributed by atoms with van der Waals surface area (Å²) in [6, 6.07) is 7.05. The smallest absolute Gasteiger partial charge is 0.336 e. The van der Waals surface area contributed by atoms with Gasteiger partial charge in [-0.15, -0.1) is 0 Å². The van der Waals surface area contributed by atoms with Crippen molar-refractivity contribution in [3.63, 3.8) is 0 Å². The summed E-state index contributed by atoms with van der Waals surface area (Å²) < 4.78 is 15.8. The van der Waals surface area contributed by atoms with Crippen LogP contribution >= 0.6 is 11.6 Å². The summed E-state index contributed by atoms with van der Waals surface area (Å²) in [5.74, 6) is -1.86. The highest BCUT2D eigenvalue weighted by molar-refractivity contribution is 6.31. The van der Waals surface area contributed by atoms with Gasteiger partial charge in [0, 0.05) is 17.3 Å². The van der Waals surface area contributed by atoms with Crippen molar-refractivity contribution in [2.75, 3.05) is 33.5 Å². The molecule has 4 N–H and O–H groups in total. The molecule has 1 unspecified atom stereocenters. The van der Waals surface area contributed by atoms with E-state index in [0.717, 1.165) is 0 Å². The minimum atomic E-state index is -0.752. The van der Waals surface area contributed by atoms with Gasteiger partial charge in [-0.05, 0) is 25.5 Å². The van der Waals surface area contributed by atoms with E-state index in [1.165, 1.54) is 7.11 Å². The van der Waals surface area contributed by atoms with Crippen molar-refractivity contribution < 1.29 is 33.7 Å². The molecule has 1 atom stereocenters. The van der Waals surface area contributed by atoms with Gasteiger partial charge in [0.05, 0.1) is 49.7 Å². The Bertz CT molecular complexity index is 852. The Morgan fingerprint density at radius 2 is 1.90 bits per heavy atom. The molecule has 170 valence electrons. The Labute approximate surface area is 185 Å². The number of hydrogen-bond acceptors (Lipinski definition) is 8. The molecule has 2 rings (SSSR count). The fraction of sp³-hybridized carbons (Fsp3) is 0.381. The number of carbonyl (C=O) groups excluding carboxylic acids is 2. The SMILES string of the molecule is CCOC(=O)C1=C(COCCN)NC(C)=C(C(=O)OC)C1c1ccccc1Cl.O=CO. The van der Waals surface area contributed by atoms with Crippen LogP contribution in [-0.2, 0) is 28.6 Å². The normalized spacial score (nSPS) is 15.5. The van der Waals surface area contributed by atoms with E-state index < -0.39 is 17.9 Å². The predicted octanol–water partition coefficient (Wildman–Crippen LogP) is 1.97. The summed E-state index contributed by atoms with van der Waals surface area (Å²) in [6.45, 7) is 4.17. The second-order valence-electron chi connectivity index (χ2n) is 6.17.